The number of aryl methyl sites for hydroxylation is 4. The van der Waals surface area contributed by atoms with Crippen LogP contribution in [-0.2, 0) is 40.1 Å². The third-order valence-corrected chi connectivity index (χ3v) is 13.2. The zero-order chi connectivity index (χ0) is 43.9. The molecule has 0 amide bonds. The van der Waals surface area contributed by atoms with E-state index in [4.69, 9.17) is 0 Å². The molecule has 0 fully saturated rings. The summed E-state index contributed by atoms with van der Waals surface area (Å²) in [6.07, 6.45) is 38.2. The van der Waals surface area contributed by atoms with Crippen molar-refractivity contribution in [3.8, 4) is 0 Å². The van der Waals surface area contributed by atoms with E-state index in [1.54, 1.807) is 0 Å². The summed E-state index contributed by atoms with van der Waals surface area (Å²) in [7, 11) is 0. The molecule has 2 aromatic carbocycles. The van der Waals surface area contributed by atoms with Crippen LogP contribution in [0.4, 0.5) is 0 Å². The van der Waals surface area contributed by atoms with Crippen molar-refractivity contribution in [2.75, 3.05) is 0 Å². The molecule has 60 heavy (non-hydrogen) atoms. The standard InChI is InChI=1S/C49H78N2.2C4H9.Ni/c1-7-13-19-22-23-27-33-48(45(40-51-50)32-24-16-10-4)49(46-36-41(28-17-11-5)34-42(37-46)29-18-12-6)47-38-43(30-25-20-14-8-2)35-44(39-47)31-26-21-15-9-3;2*1-3-4-2;/h34-39H,7-33H2,1-6H3;2*1,3-4H2,2H3;. The van der Waals surface area contributed by atoms with Crippen molar-refractivity contribution in [2.45, 2.75) is 265 Å². The van der Waals surface area contributed by atoms with Crippen LogP contribution in [0.5, 0.6) is 0 Å². The number of hydrogen-bond donors (Lipinski definition) is 0. The van der Waals surface area contributed by atoms with E-state index in [2.05, 4.69) is 102 Å². The zero-order valence-corrected chi connectivity index (χ0v) is 42.0. The third-order valence-electron chi connectivity index (χ3n) is 11.8. The number of rotatable bonds is 36. The van der Waals surface area contributed by atoms with Gasteiger partial charge < -0.3 is 5.53 Å². The Bertz CT molecular complexity index is 1390. The van der Waals surface area contributed by atoms with Crippen molar-refractivity contribution in [1.29, 1.82) is 0 Å². The van der Waals surface area contributed by atoms with Crippen molar-refractivity contribution in [1.82, 2.24) is 0 Å². The first-order valence-electron chi connectivity index (χ1n) is 25.9. The van der Waals surface area contributed by atoms with Gasteiger partial charge in [0.15, 0.2) is 0 Å². The second-order valence-corrected chi connectivity index (χ2v) is 19.1. The Hall–Kier alpha value is -2.17. The summed E-state index contributed by atoms with van der Waals surface area (Å²) >= 11 is 1.94. The molecule has 0 aliphatic rings. The van der Waals surface area contributed by atoms with Gasteiger partial charge in [-0.05, 0) is 122 Å². The average molecular weight is 868 g/mol. The molecular weight excluding hydrogens is 771 g/mol. The van der Waals surface area contributed by atoms with Gasteiger partial charge >= 0.3 is 70.6 Å². The molecule has 0 N–H and O–H groups in total. The van der Waals surface area contributed by atoms with E-state index >= 15 is 0 Å². The summed E-state index contributed by atoms with van der Waals surface area (Å²) in [6.45, 7) is 18.3. The fourth-order valence-electron chi connectivity index (χ4n) is 8.04. The van der Waals surface area contributed by atoms with Gasteiger partial charge in [0.1, 0.15) is 0 Å². The van der Waals surface area contributed by atoms with E-state index < -0.39 is 0 Å². The minimum absolute atomic E-state index is 0.908. The number of nitrogens with zero attached hydrogens (tertiary/aromatic N) is 2. The predicted molar refractivity (Wildman–Crippen MR) is 266 cm³/mol. The van der Waals surface area contributed by atoms with Gasteiger partial charge in [-0.25, -0.2) is 0 Å². The molecule has 0 aliphatic carbocycles. The first-order valence-corrected chi connectivity index (χ1v) is 27.3. The SMILES string of the molecule is CCCCCCCCC(C(=C=[N+]=[N-])CCCCC)=C(c1cc(CCCC)cc(CCCC)c1)c1cc(CCCCCC)cc(CCCCCC)c1.CCC[CH2][Ni][CH2]CCC. The number of benzene rings is 2. The van der Waals surface area contributed by atoms with Crippen LogP contribution >= 0.6 is 0 Å². The van der Waals surface area contributed by atoms with E-state index in [0.29, 0.717) is 0 Å². The molecule has 0 bridgehead atoms. The van der Waals surface area contributed by atoms with Crippen molar-refractivity contribution >= 4 is 11.4 Å². The van der Waals surface area contributed by atoms with E-state index in [1.165, 1.54) is 203 Å². The molecule has 2 aromatic rings. The van der Waals surface area contributed by atoms with E-state index in [1.807, 2.05) is 14.4 Å². The first-order chi connectivity index (χ1) is 29.5. The summed E-state index contributed by atoms with van der Waals surface area (Å²) in [6, 6.07) is 15.2. The Morgan fingerprint density at radius 2 is 0.767 bits per heavy atom. The van der Waals surface area contributed by atoms with Crippen molar-refractivity contribution in [2.24, 2.45) is 0 Å². The summed E-state index contributed by atoms with van der Waals surface area (Å²) < 4.78 is 0. The molecule has 2 rings (SSSR count). The number of allylic oxidation sites excluding steroid dienone is 2. The van der Waals surface area contributed by atoms with Crippen LogP contribution < -0.4 is 0 Å². The quantitative estimate of drug-likeness (QED) is 0.0163. The van der Waals surface area contributed by atoms with Crippen LogP contribution in [-0.4, -0.2) is 10.7 Å². The molecule has 0 heterocycles. The Labute approximate surface area is 380 Å². The van der Waals surface area contributed by atoms with Gasteiger partial charge in [-0.15, -0.1) is 4.79 Å². The Balaban J connectivity index is 0.00000178. The average Bonchev–Trinajstić information content (AvgIpc) is 3.26. The molecule has 0 aliphatic heterocycles. The van der Waals surface area contributed by atoms with Gasteiger partial charge in [0.25, 0.3) is 0 Å². The van der Waals surface area contributed by atoms with Gasteiger partial charge in [0, 0.05) is 0 Å². The van der Waals surface area contributed by atoms with Crippen LogP contribution in [0.3, 0.4) is 0 Å². The Kier molecular flexibility index (Phi) is 36.9. The normalized spacial score (nSPS) is 11.5. The fraction of sp³-hybridized carbons (Fsp3) is 0.719. The molecule has 3 heteroatoms. The predicted octanol–water partition coefficient (Wildman–Crippen LogP) is 19.1. The van der Waals surface area contributed by atoms with Crippen molar-refractivity contribution in [3.63, 3.8) is 0 Å². The van der Waals surface area contributed by atoms with E-state index in [9.17, 15) is 5.53 Å². The van der Waals surface area contributed by atoms with Gasteiger partial charge in [0.05, 0.1) is 5.57 Å². The molecule has 0 spiro atoms. The summed E-state index contributed by atoms with van der Waals surface area (Å²) in [5, 5.41) is 2.78. The van der Waals surface area contributed by atoms with E-state index in [0.717, 1.165) is 56.9 Å². The molecule has 0 radical (unpaired) electrons. The molecule has 0 atom stereocenters. The van der Waals surface area contributed by atoms with Gasteiger partial charge in [-0.3, -0.25) is 0 Å². The molecular formula is C57H96N2Ni. The van der Waals surface area contributed by atoms with Gasteiger partial charge in [0.2, 0.25) is 0 Å². The van der Waals surface area contributed by atoms with Crippen molar-refractivity contribution < 1.29 is 19.2 Å². The van der Waals surface area contributed by atoms with Gasteiger partial charge in [-0.2, -0.15) is 0 Å². The Morgan fingerprint density at radius 3 is 1.18 bits per heavy atom. The van der Waals surface area contributed by atoms with Crippen LogP contribution in [0, 0.1) is 0 Å². The molecule has 0 saturated carbocycles. The third kappa shape index (κ3) is 26.3. The fourth-order valence-corrected chi connectivity index (χ4v) is 9.48. The second kappa shape index (κ2) is 39.7. The topological polar surface area (TPSA) is 36.4 Å². The van der Waals surface area contributed by atoms with Crippen LogP contribution in [0.25, 0.3) is 11.1 Å². The second-order valence-electron chi connectivity index (χ2n) is 17.6. The Morgan fingerprint density at radius 1 is 0.417 bits per heavy atom. The molecule has 344 valence electrons. The maximum atomic E-state index is 10.1. The molecule has 2 nitrogen and oxygen atoms in total. The molecule has 0 unspecified atom stereocenters. The molecule has 0 aromatic heterocycles. The number of unbranched alkanes of at least 4 members (excludes halogenated alkanes) is 17. The summed E-state index contributed by atoms with van der Waals surface area (Å²) in [5.74, 6) is 3.19. The minimum atomic E-state index is 0.908. The number of hydrogen-bond acceptors (Lipinski definition) is 0. The van der Waals surface area contributed by atoms with Crippen LogP contribution in [0.1, 0.15) is 262 Å². The van der Waals surface area contributed by atoms with Crippen LogP contribution in [0.2, 0.25) is 10.8 Å². The molecule has 0 saturated heterocycles. The van der Waals surface area contributed by atoms with Gasteiger partial charge in [-0.1, -0.05) is 174 Å². The maximum absolute atomic E-state index is 10.1. The van der Waals surface area contributed by atoms with Crippen LogP contribution in [0.15, 0.2) is 47.5 Å². The summed E-state index contributed by atoms with van der Waals surface area (Å²) in [5.41, 5.74) is 22.6. The zero-order valence-electron chi connectivity index (χ0n) is 41.0. The van der Waals surface area contributed by atoms with E-state index in [-0.39, 0.29) is 0 Å². The monoisotopic (exact) mass is 867 g/mol. The first kappa shape index (κ1) is 55.9. The summed E-state index contributed by atoms with van der Waals surface area (Å²) in [4.78, 5) is 3.62. The van der Waals surface area contributed by atoms with Crippen molar-refractivity contribution in [3.05, 3.63) is 86.5 Å².